The summed E-state index contributed by atoms with van der Waals surface area (Å²) in [6, 6.07) is 6.12. The van der Waals surface area contributed by atoms with Gasteiger partial charge in [0.1, 0.15) is 5.75 Å². The number of hydrogen-bond acceptors (Lipinski definition) is 2. The van der Waals surface area contributed by atoms with Crippen LogP contribution in [0.15, 0.2) is 22.7 Å². The van der Waals surface area contributed by atoms with E-state index in [-0.39, 0.29) is 0 Å². The molecule has 0 aromatic heterocycles. The van der Waals surface area contributed by atoms with Gasteiger partial charge in [0, 0.05) is 0 Å². The topological polar surface area (TPSA) is 18.5 Å². The van der Waals surface area contributed by atoms with E-state index >= 15 is 0 Å². The Labute approximate surface area is 118 Å². The number of hydrogen-bond donors (Lipinski definition) is 0. The normalized spacial score (nSPS) is 23.9. The van der Waals surface area contributed by atoms with Gasteiger partial charge < -0.3 is 9.47 Å². The zero-order chi connectivity index (χ0) is 13.0. The number of methoxy groups -OCH3 is 1. The number of ether oxygens (including phenoxy) is 2. The number of halogens is 1. The van der Waals surface area contributed by atoms with Crippen LogP contribution < -0.4 is 4.74 Å². The van der Waals surface area contributed by atoms with E-state index in [9.17, 15) is 0 Å². The highest BCUT2D eigenvalue weighted by molar-refractivity contribution is 9.10. The first-order valence-electron chi connectivity index (χ1n) is 6.63. The van der Waals surface area contributed by atoms with E-state index in [2.05, 4.69) is 35.0 Å². The Balaban J connectivity index is 1.84. The fraction of sp³-hybridized carbons (Fsp3) is 0.600. The van der Waals surface area contributed by atoms with Crippen molar-refractivity contribution in [1.29, 1.82) is 0 Å². The molecule has 0 unspecified atom stereocenters. The summed E-state index contributed by atoms with van der Waals surface area (Å²) in [6.45, 7) is 3.03. The van der Waals surface area contributed by atoms with E-state index in [1.165, 1.54) is 31.2 Å². The molecule has 0 saturated heterocycles. The maximum absolute atomic E-state index is 5.98. The molecule has 1 fully saturated rings. The molecule has 1 aliphatic carbocycles. The standard InChI is InChI=1S/C15H21BrO2/c1-11-3-6-13(7-4-11)18-10-12-5-8-15(17-2)14(16)9-12/h5,8-9,11,13H,3-4,6-7,10H2,1-2H3. The molecular formula is C15H21BrO2. The first-order chi connectivity index (χ1) is 8.69. The number of benzene rings is 1. The van der Waals surface area contributed by atoms with Crippen LogP contribution in [0.5, 0.6) is 5.75 Å². The maximum atomic E-state index is 5.98. The average Bonchev–Trinajstić information content (AvgIpc) is 2.38. The van der Waals surface area contributed by atoms with Crippen LogP contribution in [0.25, 0.3) is 0 Å². The second-order valence-electron chi connectivity index (χ2n) is 5.16. The molecule has 0 spiro atoms. The molecule has 1 saturated carbocycles. The Hall–Kier alpha value is -0.540. The highest BCUT2D eigenvalue weighted by Crippen LogP contribution is 2.28. The van der Waals surface area contributed by atoms with E-state index in [0.717, 1.165) is 16.1 Å². The van der Waals surface area contributed by atoms with Crippen LogP contribution in [0.2, 0.25) is 0 Å². The van der Waals surface area contributed by atoms with Crippen molar-refractivity contribution in [3.8, 4) is 5.75 Å². The summed E-state index contributed by atoms with van der Waals surface area (Å²) in [4.78, 5) is 0. The molecule has 0 aliphatic heterocycles. The van der Waals surface area contributed by atoms with Gasteiger partial charge in [0.25, 0.3) is 0 Å². The molecule has 1 aromatic rings. The lowest BCUT2D eigenvalue weighted by Gasteiger charge is -2.26. The maximum Gasteiger partial charge on any atom is 0.133 e. The minimum atomic E-state index is 0.446. The summed E-state index contributed by atoms with van der Waals surface area (Å²) >= 11 is 3.50. The summed E-state index contributed by atoms with van der Waals surface area (Å²) in [5.41, 5.74) is 1.20. The summed E-state index contributed by atoms with van der Waals surface area (Å²) < 4.78 is 12.2. The van der Waals surface area contributed by atoms with E-state index in [1.807, 2.05) is 6.07 Å². The van der Waals surface area contributed by atoms with Gasteiger partial charge in [0.15, 0.2) is 0 Å². The first-order valence-corrected chi connectivity index (χ1v) is 7.42. The molecule has 0 N–H and O–H groups in total. The lowest BCUT2D eigenvalue weighted by atomic mass is 9.89. The predicted octanol–water partition coefficient (Wildman–Crippen LogP) is 4.55. The molecule has 18 heavy (non-hydrogen) atoms. The van der Waals surface area contributed by atoms with Gasteiger partial charge in [-0.3, -0.25) is 0 Å². The smallest absolute Gasteiger partial charge is 0.133 e. The Morgan fingerprint density at radius 3 is 2.56 bits per heavy atom. The fourth-order valence-corrected chi connectivity index (χ4v) is 3.00. The third-order valence-electron chi connectivity index (χ3n) is 3.66. The average molecular weight is 313 g/mol. The number of rotatable bonds is 4. The van der Waals surface area contributed by atoms with Crippen LogP contribution in [-0.2, 0) is 11.3 Å². The summed E-state index contributed by atoms with van der Waals surface area (Å²) in [5, 5.41) is 0. The molecule has 0 bridgehead atoms. The van der Waals surface area contributed by atoms with Crippen molar-refractivity contribution in [3.05, 3.63) is 28.2 Å². The zero-order valence-corrected chi connectivity index (χ0v) is 12.7. The monoisotopic (exact) mass is 312 g/mol. The molecule has 0 amide bonds. The lowest BCUT2D eigenvalue weighted by Crippen LogP contribution is -2.20. The molecule has 2 rings (SSSR count). The minimum absolute atomic E-state index is 0.446. The summed E-state index contributed by atoms with van der Waals surface area (Å²) in [5.74, 6) is 1.74. The molecule has 3 heteroatoms. The second kappa shape index (κ2) is 6.58. The SMILES string of the molecule is COc1ccc(COC2CCC(C)CC2)cc1Br. The Morgan fingerprint density at radius 1 is 1.22 bits per heavy atom. The van der Waals surface area contributed by atoms with Crippen LogP contribution in [0.3, 0.4) is 0 Å². The van der Waals surface area contributed by atoms with Gasteiger partial charge in [-0.1, -0.05) is 13.0 Å². The highest BCUT2D eigenvalue weighted by atomic mass is 79.9. The van der Waals surface area contributed by atoms with Gasteiger partial charge >= 0.3 is 0 Å². The van der Waals surface area contributed by atoms with Crippen LogP contribution in [0, 0.1) is 5.92 Å². The van der Waals surface area contributed by atoms with E-state index in [1.54, 1.807) is 7.11 Å². The van der Waals surface area contributed by atoms with Crippen molar-refractivity contribution in [2.75, 3.05) is 7.11 Å². The van der Waals surface area contributed by atoms with Crippen molar-refractivity contribution in [3.63, 3.8) is 0 Å². The Kier molecular flexibility index (Phi) is 5.07. The largest absolute Gasteiger partial charge is 0.496 e. The van der Waals surface area contributed by atoms with Crippen molar-refractivity contribution in [2.45, 2.75) is 45.3 Å². The minimum Gasteiger partial charge on any atom is -0.496 e. The predicted molar refractivity (Wildman–Crippen MR) is 76.9 cm³/mol. The van der Waals surface area contributed by atoms with E-state index in [0.29, 0.717) is 12.7 Å². The van der Waals surface area contributed by atoms with Crippen molar-refractivity contribution >= 4 is 15.9 Å². The van der Waals surface area contributed by atoms with Crippen molar-refractivity contribution in [2.24, 2.45) is 5.92 Å². The molecule has 0 atom stereocenters. The summed E-state index contributed by atoms with van der Waals surface area (Å²) in [7, 11) is 1.68. The van der Waals surface area contributed by atoms with Gasteiger partial charge in [-0.15, -0.1) is 0 Å². The quantitative estimate of drug-likeness (QED) is 0.811. The lowest BCUT2D eigenvalue weighted by molar-refractivity contribution is 0.00874. The van der Waals surface area contributed by atoms with Gasteiger partial charge in [0.05, 0.1) is 24.3 Å². The van der Waals surface area contributed by atoms with Crippen LogP contribution in [-0.4, -0.2) is 13.2 Å². The zero-order valence-electron chi connectivity index (χ0n) is 11.1. The van der Waals surface area contributed by atoms with Crippen molar-refractivity contribution in [1.82, 2.24) is 0 Å². The fourth-order valence-electron chi connectivity index (χ4n) is 2.41. The molecule has 100 valence electrons. The summed E-state index contributed by atoms with van der Waals surface area (Å²) in [6.07, 6.45) is 5.47. The third-order valence-corrected chi connectivity index (χ3v) is 4.28. The van der Waals surface area contributed by atoms with Crippen LogP contribution in [0.1, 0.15) is 38.2 Å². The Morgan fingerprint density at radius 2 is 1.94 bits per heavy atom. The first kappa shape index (κ1) is 13.9. The highest BCUT2D eigenvalue weighted by Gasteiger charge is 2.18. The van der Waals surface area contributed by atoms with Gasteiger partial charge in [-0.05, 0) is 65.2 Å². The van der Waals surface area contributed by atoms with Gasteiger partial charge in [-0.2, -0.15) is 0 Å². The van der Waals surface area contributed by atoms with Crippen LogP contribution >= 0.6 is 15.9 Å². The molecular weight excluding hydrogens is 292 g/mol. The van der Waals surface area contributed by atoms with Gasteiger partial charge in [-0.25, -0.2) is 0 Å². The third kappa shape index (κ3) is 3.72. The van der Waals surface area contributed by atoms with Gasteiger partial charge in [0.2, 0.25) is 0 Å². The van der Waals surface area contributed by atoms with E-state index in [4.69, 9.17) is 9.47 Å². The molecule has 1 aliphatic rings. The van der Waals surface area contributed by atoms with Crippen LogP contribution in [0.4, 0.5) is 0 Å². The molecule has 1 aromatic carbocycles. The molecule has 0 heterocycles. The van der Waals surface area contributed by atoms with E-state index < -0.39 is 0 Å². The Bertz CT molecular complexity index is 384. The van der Waals surface area contributed by atoms with Crippen molar-refractivity contribution < 1.29 is 9.47 Å². The molecule has 0 radical (unpaired) electrons. The molecule has 2 nitrogen and oxygen atoms in total. The second-order valence-corrected chi connectivity index (χ2v) is 6.02.